The molecule has 0 atom stereocenters. The van der Waals surface area contributed by atoms with E-state index in [1.165, 1.54) is 30.3 Å². The van der Waals surface area contributed by atoms with Crippen molar-refractivity contribution in [1.82, 2.24) is 9.55 Å². The molecule has 0 saturated heterocycles. The molecule has 1 heterocycles. The third-order valence-corrected chi connectivity index (χ3v) is 3.31. The summed E-state index contributed by atoms with van der Waals surface area (Å²) in [5.41, 5.74) is -0.393. The molecule has 118 valence electrons. The minimum Gasteiger partial charge on any atom is -0.296 e. The van der Waals surface area contributed by atoms with Crippen molar-refractivity contribution in [3.63, 3.8) is 0 Å². The van der Waals surface area contributed by atoms with Crippen molar-refractivity contribution in [3.05, 3.63) is 64.7 Å². The first-order valence-electron chi connectivity index (χ1n) is 6.67. The van der Waals surface area contributed by atoms with E-state index < -0.39 is 24.1 Å². The van der Waals surface area contributed by atoms with Crippen molar-refractivity contribution in [2.75, 3.05) is 0 Å². The maximum atomic E-state index is 13.0. The van der Waals surface area contributed by atoms with Gasteiger partial charge in [-0.05, 0) is 36.4 Å². The highest BCUT2D eigenvalue weighted by Crippen LogP contribution is 2.22. The predicted octanol–water partition coefficient (Wildman–Crippen LogP) is 3.76. The number of para-hydroxylation sites is 2. The Hall–Kier alpha value is -2.70. The Balaban J connectivity index is 2.29. The normalized spacial score (nSPS) is 11.8. The molecule has 0 N–H and O–H groups in total. The van der Waals surface area contributed by atoms with Crippen molar-refractivity contribution < 1.29 is 17.6 Å². The van der Waals surface area contributed by atoms with Gasteiger partial charge in [0.15, 0.2) is 0 Å². The lowest BCUT2D eigenvalue weighted by Crippen LogP contribution is -2.30. The summed E-state index contributed by atoms with van der Waals surface area (Å²) in [6.07, 6.45) is -4.55. The fraction of sp³-hybridized carbons (Fsp3) is 0.125. The molecule has 3 aromatic rings. The molecule has 3 nitrogen and oxygen atoms in total. The summed E-state index contributed by atoms with van der Waals surface area (Å²) in [6.45, 7) is -1.41. The van der Waals surface area contributed by atoms with Crippen LogP contribution in [0.15, 0.2) is 53.3 Å². The predicted molar refractivity (Wildman–Crippen MR) is 77.5 cm³/mol. The van der Waals surface area contributed by atoms with Crippen molar-refractivity contribution in [1.29, 1.82) is 0 Å². The highest BCUT2D eigenvalue weighted by atomic mass is 19.4. The fourth-order valence-corrected chi connectivity index (χ4v) is 2.32. The number of rotatable bonds is 2. The second-order valence-corrected chi connectivity index (χ2v) is 4.96. The Kier molecular flexibility index (Phi) is 3.63. The van der Waals surface area contributed by atoms with Gasteiger partial charge in [-0.1, -0.05) is 12.1 Å². The van der Waals surface area contributed by atoms with Crippen LogP contribution in [-0.4, -0.2) is 15.7 Å². The zero-order chi connectivity index (χ0) is 16.6. The molecular formula is C16H10F4N2O. The molecule has 1 aromatic heterocycles. The zero-order valence-corrected chi connectivity index (χ0v) is 11.6. The SMILES string of the molecule is O=c1c(-c2ccc(F)cc2)nc2ccccc2n1CC(F)(F)F. The van der Waals surface area contributed by atoms with Gasteiger partial charge in [-0.25, -0.2) is 9.37 Å². The van der Waals surface area contributed by atoms with E-state index in [1.807, 2.05) is 0 Å². The van der Waals surface area contributed by atoms with E-state index in [9.17, 15) is 22.4 Å². The van der Waals surface area contributed by atoms with Gasteiger partial charge in [0, 0.05) is 5.56 Å². The molecule has 2 aromatic carbocycles. The van der Waals surface area contributed by atoms with Crippen LogP contribution in [0.2, 0.25) is 0 Å². The van der Waals surface area contributed by atoms with Crippen molar-refractivity contribution in [3.8, 4) is 11.3 Å². The maximum absolute atomic E-state index is 13.0. The Morgan fingerprint density at radius 1 is 1.00 bits per heavy atom. The lowest BCUT2D eigenvalue weighted by atomic mass is 10.1. The molecule has 0 spiro atoms. The van der Waals surface area contributed by atoms with Gasteiger partial charge in [-0.2, -0.15) is 13.2 Å². The molecule has 7 heteroatoms. The van der Waals surface area contributed by atoms with Crippen LogP contribution < -0.4 is 5.56 Å². The summed E-state index contributed by atoms with van der Waals surface area (Å²) in [7, 11) is 0. The standard InChI is InChI=1S/C16H10F4N2O/c17-11-7-5-10(6-8-11)14-15(23)22(9-16(18,19)20)13-4-2-1-3-12(13)21-14/h1-8H,9H2. The topological polar surface area (TPSA) is 34.9 Å². The fourth-order valence-electron chi connectivity index (χ4n) is 2.32. The largest absolute Gasteiger partial charge is 0.406 e. The van der Waals surface area contributed by atoms with Gasteiger partial charge in [-0.15, -0.1) is 0 Å². The quantitative estimate of drug-likeness (QED) is 0.673. The summed E-state index contributed by atoms with van der Waals surface area (Å²) >= 11 is 0. The second-order valence-electron chi connectivity index (χ2n) is 4.96. The summed E-state index contributed by atoms with van der Waals surface area (Å²) in [4.78, 5) is 16.6. The zero-order valence-electron chi connectivity index (χ0n) is 11.6. The maximum Gasteiger partial charge on any atom is 0.406 e. The van der Waals surface area contributed by atoms with E-state index in [4.69, 9.17) is 0 Å². The third kappa shape index (κ3) is 3.08. The number of hydrogen-bond acceptors (Lipinski definition) is 2. The van der Waals surface area contributed by atoms with E-state index in [1.54, 1.807) is 6.07 Å². The molecule has 0 saturated carbocycles. The van der Waals surface area contributed by atoms with E-state index in [2.05, 4.69) is 4.98 Å². The summed E-state index contributed by atoms with van der Waals surface area (Å²) in [5.74, 6) is -0.509. The van der Waals surface area contributed by atoms with Crippen LogP contribution in [0.25, 0.3) is 22.3 Å². The first-order chi connectivity index (χ1) is 10.8. The van der Waals surface area contributed by atoms with Crippen LogP contribution in [0.1, 0.15) is 0 Å². The lowest BCUT2D eigenvalue weighted by Gasteiger charge is -2.14. The Morgan fingerprint density at radius 2 is 1.65 bits per heavy atom. The Labute approximate surface area is 127 Å². The second kappa shape index (κ2) is 5.49. The number of benzene rings is 2. The van der Waals surface area contributed by atoms with Gasteiger partial charge in [0.2, 0.25) is 0 Å². The molecule has 0 bridgehead atoms. The number of halogens is 4. The molecule has 0 aliphatic heterocycles. The minimum atomic E-state index is -4.55. The van der Waals surface area contributed by atoms with Gasteiger partial charge >= 0.3 is 6.18 Å². The van der Waals surface area contributed by atoms with E-state index >= 15 is 0 Å². The van der Waals surface area contributed by atoms with Crippen LogP contribution in [0.4, 0.5) is 17.6 Å². The third-order valence-electron chi connectivity index (χ3n) is 3.31. The van der Waals surface area contributed by atoms with E-state index in [0.717, 1.165) is 12.1 Å². The molecule has 0 unspecified atom stereocenters. The number of hydrogen-bond donors (Lipinski definition) is 0. The van der Waals surface area contributed by atoms with Gasteiger partial charge in [0.1, 0.15) is 18.1 Å². The number of aromatic nitrogens is 2. The molecule has 0 radical (unpaired) electrons. The molecule has 0 amide bonds. The molecule has 23 heavy (non-hydrogen) atoms. The number of fused-ring (bicyclic) bond motifs is 1. The smallest absolute Gasteiger partial charge is 0.296 e. The summed E-state index contributed by atoms with van der Waals surface area (Å²) in [6, 6.07) is 11.0. The summed E-state index contributed by atoms with van der Waals surface area (Å²) < 4.78 is 52.1. The van der Waals surface area contributed by atoms with Crippen LogP contribution in [0.5, 0.6) is 0 Å². The van der Waals surface area contributed by atoms with Gasteiger partial charge in [0.05, 0.1) is 11.0 Å². The van der Waals surface area contributed by atoms with Crippen LogP contribution in [0.3, 0.4) is 0 Å². The van der Waals surface area contributed by atoms with Gasteiger partial charge in [0.25, 0.3) is 5.56 Å². The van der Waals surface area contributed by atoms with Crippen molar-refractivity contribution in [2.45, 2.75) is 12.7 Å². The lowest BCUT2D eigenvalue weighted by molar-refractivity contribution is -0.140. The van der Waals surface area contributed by atoms with Crippen LogP contribution in [-0.2, 0) is 6.54 Å². The highest BCUT2D eigenvalue weighted by molar-refractivity contribution is 5.77. The Bertz CT molecular complexity index is 914. The van der Waals surface area contributed by atoms with E-state index in [0.29, 0.717) is 4.57 Å². The average molecular weight is 322 g/mol. The van der Waals surface area contributed by atoms with Gasteiger partial charge < -0.3 is 0 Å². The average Bonchev–Trinajstić information content (AvgIpc) is 2.50. The van der Waals surface area contributed by atoms with Crippen molar-refractivity contribution >= 4 is 11.0 Å². The van der Waals surface area contributed by atoms with Crippen LogP contribution >= 0.6 is 0 Å². The first kappa shape index (κ1) is 15.2. The van der Waals surface area contributed by atoms with Gasteiger partial charge in [-0.3, -0.25) is 9.36 Å². The monoisotopic (exact) mass is 322 g/mol. The minimum absolute atomic E-state index is 0.0979. The van der Waals surface area contributed by atoms with E-state index in [-0.39, 0.29) is 22.3 Å². The number of nitrogens with zero attached hydrogens (tertiary/aromatic N) is 2. The molecular weight excluding hydrogens is 312 g/mol. The highest BCUT2D eigenvalue weighted by Gasteiger charge is 2.30. The Morgan fingerprint density at radius 3 is 2.30 bits per heavy atom. The van der Waals surface area contributed by atoms with Crippen LogP contribution in [0, 0.1) is 5.82 Å². The summed E-state index contributed by atoms with van der Waals surface area (Å²) in [5, 5.41) is 0. The molecule has 0 aliphatic rings. The number of alkyl halides is 3. The first-order valence-corrected chi connectivity index (χ1v) is 6.67. The molecule has 0 aliphatic carbocycles. The molecule has 3 rings (SSSR count). The molecule has 0 fully saturated rings. The van der Waals surface area contributed by atoms with Crippen molar-refractivity contribution in [2.24, 2.45) is 0 Å².